The summed E-state index contributed by atoms with van der Waals surface area (Å²) in [7, 11) is 3.09. The predicted molar refractivity (Wildman–Crippen MR) is 74.7 cm³/mol. The van der Waals surface area contributed by atoms with Crippen LogP contribution in [0.4, 0.5) is 0 Å². The number of carbonyl (C=O) groups is 1. The minimum absolute atomic E-state index is 0.401. The van der Waals surface area contributed by atoms with Gasteiger partial charge in [0.25, 0.3) is 0 Å². The van der Waals surface area contributed by atoms with Gasteiger partial charge in [0, 0.05) is 16.6 Å². The van der Waals surface area contributed by atoms with Crippen LogP contribution in [0.15, 0.2) is 6.07 Å². The van der Waals surface area contributed by atoms with Gasteiger partial charge in [0.2, 0.25) is 0 Å². The van der Waals surface area contributed by atoms with Gasteiger partial charge in [-0.3, -0.25) is 4.79 Å². The fraction of sp³-hybridized carbons (Fsp3) is 0.500. The Morgan fingerprint density at radius 2 is 2.16 bits per heavy atom. The molecule has 0 amide bonds. The number of rotatable bonds is 5. The number of benzene rings is 1. The Bertz CT molecular complexity index is 470. The first kappa shape index (κ1) is 14.2. The summed E-state index contributed by atoms with van der Waals surface area (Å²) in [6.07, 6.45) is 3.80. The topological polar surface area (TPSA) is 47.6 Å². The van der Waals surface area contributed by atoms with Gasteiger partial charge in [-0.15, -0.1) is 0 Å². The van der Waals surface area contributed by atoms with E-state index in [0.717, 1.165) is 31.2 Å². The predicted octanol–water partition coefficient (Wildman–Crippen LogP) is 2.46. The highest BCUT2D eigenvalue weighted by Gasteiger charge is 2.23. The summed E-state index contributed by atoms with van der Waals surface area (Å²) >= 11 is 6.28. The summed E-state index contributed by atoms with van der Waals surface area (Å²) in [5.41, 5.74) is 1.30. The third-order valence-electron chi connectivity index (χ3n) is 3.46. The van der Waals surface area contributed by atoms with E-state index in [0.29, 0.717) is 28.1 Å². The van der Waals surface area contributed by atoms with Crippen molar-refractivity contribution in [1.82, 2.24) is 5.32 Å². The van der Waals surface area contributed by atoms with Crippen molar-refractivity contribution in [2.75, 3.05) is 20.8 Å². The van der Waals surface area contributed by atoms with E-state index in [1.54, 1.807) is 13.2 Å². The van der Waals surface area contributed by atoms with Gasteiger partial charge in [-0.2, -0.15) is 0 Å². The number of methoxy groups -OCH3 is 2. The van der Waals surface area contributed by atoms with E-state index in [2.05, 4.69) is 5.32 Å². The van der Waals surface area contributed by atoms with E-state index < -0.39 is 0 Å². The van der Waals surface area contributed by atoms with Crippen molar-refractivity contribution < 1.29 is 14.3 Å². The van der Waals surface area contributed by atoms with Crippen molar-refractivity contribution in [1.29, 1.82) is 0 Å². The highest BCUT2D eigenvalue weighted by atomic mass is 35.5. The maximum atomic E-state index is 11.1. The van der Waals surface area contributed by atoms with E-state index in [-0.39, 0.29) is 0 Å². The van der Waals surface area contributed by atoms with E-state index in [4.69, 9.17) is 21.1 Å². The molecular weight excluding hydrogens is 266 g/mol. The summed E-state index contributed by atoms with van der Waals surface area (Å²) in [4.78, 5) is 11.1. The summed E-state index contributed by atoms with van der Waals surface area (Å²) in [5.74, 6) is 1.01. The highest BCUT2D eigenvalue weighted by Crippen LogP contribution is 2.39. The molecule has 104 valence electrons. The van der Waals surface area contributed by atoms with E-state index in [1.165, 1.54) is 13.5 Å². The van der Waals surface area contributed by atoms with Crippen LogP contribution >= 0.6 is 11.6 Å². The average molecular weight is 284 g/mol. The Morgan fingerprint density at radius 3 is 2.68 bits per heavy atom. The molecule has 4 nitrogen and oxygen atoms in total. The van der Waals surface area contributed by atoms with Gasteiger partial charge in [0.05, 0.1) is 19.8 Å². The van der Waals surface area contributed by atoms with Gasteiger partial charge in [0.1, 0.15) is 0 Å². The van der Waals surface area contributed by atoms with Crippen molar-refractivity contribution in [2.24, 2.45) is 0 Å². The van der Waals surface area contributed by atoms with Crippen molar-refractivity contribution in [3.05, 3.63) is 22.2 Å². The number of halogens is 1. The third-order valence-corrected chi connectivity index (χ3v) is 3.80. The van der Waals surface area contributed by atoms with Crippen LogP contribution in [0.25, 0.3) is 0 Å². The SMILES string of the molecule is COc1c(C=O)cc(Cl)c(CC2CCCN2)c1OC. The quantitative estimate of drug-likeness (QED) is 0.844. The first-order chi connectivity index (χ1) is 9.21. The zero-order chi connectivity index (χ0) is 13.8. The summed E-state index contributed by atoms with van der Waals surface area (Å²) in [5, 5.41) is 3.97. The zero-order valence-electron chi connectivity index (χ0n) is 11.2. The highest BCUT2D eigenvalue weighted by molar-refractivity contribution is 6.32. The van der Waals surface area contributed by atoms with Gasteiger partial charge in [-0.05, 0) is 31.9 Å². The normalized spacial score (nSPS) is 18.4. The maximum Gasteiger partial charge on any atom is 0.171 e. The molecule has 5 heteroatoms. The first-order valence-electron chi connectivity index (χ1n) is 6.33. The molecule has 0 aliphatic carbocycles. The van der Waals surface area contributed by atoms with Crippen molar-refractivity contribution >= 4 is 17.9 Å². The molecule has 1 heterocycles. The van der Waals surface area contributed by atoms with Gasteiger partial charge in [0.15, 0.2) is 17.8 Å². The Balaban J connectivity index is 2.42. The van der Waals surface area contributed by atoms with Crippen LogP contribution < -0.4 is 14.8 Å². The number of hydrogen-bond acceptors (Lipinski definition) is 4. The molecule has 0 bridgehead atoms. The van der Waals surface area contributed by atoms with Crippen molar-refractivity contribution in [3.63, 3.8) is 0 Å². The molecule has 0 spiro atoms. The fourth-order valence-electron chi connectivity index (χ4n) is 2.55. The minimum atomic E-state index is 0.401. The standard InChI is InChI=1S/C14H18ClNO3/c1-18-13-9(8-17)6-12(15)11(14(13)19-2)7-10-4-3-5-16-10/h6,8,10,16H,3-5,7H2,1-2H3. The van der Waals surface area contributed by atoms with Crippen LogP contribution in [0, 0.1) is 0 Å². The number of ether oxygens (including phenoxy) is 2. The molecule has 1 N–H and O–H groups in total. The Kier molecular flexibility index (Phi) is 4.66. The zero-order valence-corrected chi connectivity index (χ0v) is 11.9. The molecule has 1 unspecified atom stereocenters. The molecule has 1 fully saturated rings. The molecular formula is C14H18ClNO3. The molecule has 0 radical (unpaired) electrons. The molecule has 1 aromatic carbocycles. The Morgan fingerprint density at radius 1 is 1.42 bits per heavy atom. The lowest BCUT2D eigenvalue weighted by Gasteiger charge is -2.18. The Hall–Kier alpha value is -1.26. The fourth-order valence-corrected chi connectivity index (χ4v) is 2.83. The molecule has 1 saturated heterocycles. The van der Waals surface area contributed by atoms with Gasteiger partial charge in [-0.1, -0.05) is 11.6 Å². The molecule has 19 heavy (non-hydrogen) atoms. The molecule has 1 atom stereocenters. The van der Waals surface area contributed by atoms with Gasteiger partial charge >= 0.3 is 0 Å². The molecule has 1 aromatic rings. The van der Waals surface area contributed by atoms with Crippen LogP contribution in [-0.2, 0) is 6.42 Å². The lowest BCUT2D eigenvalue weighted by atomic mass is 10.0. The maximum absolute atomic E-state index is 11.1. The summed E-state index contributed by atoms with van der Waals surface area (Å²) < 4.78 is 10.7. The van der Waals surface area contributed by atoms with Crippen molar-refractivity contribution in [3.8, 4) is 11.5 Å². The molecule has 2 rings (SSSR count). The molecule has 0 aromatic heterocycles. The van der Waals surface area contributed by atoms with Crippen LogP contribution in [-0.4, -0.2) is 33.1 Å². The van der Waals surface area contributed by atoms with E-state index in [9.17, 15) is 4.79 Å². The smallest absolute Gasteiger partial charge is 0.171 e. The first-order valence-corrected chi connectivity index (χ1v) is 6.71. The van der Waals surface area contributed by atoms with Gasteiger partial charge < -0.3 is 14.8 Å². The van der Waals surface area contributed by atoms with Crippen LogP contribution in [0.5, 0.6) is 11.5 Å². The molecule has 1 aliphatic rings. The number of carbonyl (C=O) groups excluding carboxylic acids is 1. The number of nitrogens with one attached hydrogen (secondary N) is 1. The number of aldehydes is 1. The van der Waals surface area contributed by atoms with Crippen LogP contribution in [0.3, 0.4) is 0 Å². The van der Waals surface area contributed by atoms with Crippen LogP contribution in [0.2, 0.25) is 5.02 Å². The Labute approximate surface area is 118 Å². The average Bonchev–Trinajstić information content (AvgIpc) is 2.93. The lowest BCUT2D eigenvalue weighted by Crippen LogP contribution is -2.24. The minimum Gasteiger partial charge on any atom is -0.492 e. The monoisotopic (exact) mass is 283 g/mol. The van der Waals surface area contributed by atoms with Crippen molar-refractivity contribution in [2.45, 2.75) is 25.3 Å². The van der Waals surface area contributed by atoms with Crippen LogP contribution in [0.1, 0.15) is 28.8 Å². The van der Waals surface area contributed by atoms with E-state index in [1.807, 2.05) is 0 Å². The second-order valence-electron chi connectivity index (χ2n) is 4.61. The third kappa shape index (κ3) is 2.85. The molecule has 0 saturated carbocycles. The lowest BCUT2D eigenvalue weighted by molar-refractivity contribution is 0.112. The largest absolute Gasteiger partial charge is 0.492 e. The molecule has 1 aliphatic heterocycles. The second kappa shape index (κ2) is 6.26. The number of hydrogen-bond donors (Lipinski definition) is 1. The summed E-state index contributed by atoms with van der Waals surface area (Å²) in [6.45, 7) is 1.04. The second-order valence-corrected chi connectivity index (χ2v) is 5.02. The van der Waals surface area contributed by atoms with E-state index >= 15 is 0 Å². The summed E-state index contributed by atoms with van der Waals surface area (Å²) in [6, 6.07) is 2.04. The van der Waals surface area contributed by atoms with Gasteiger partial charge in [-0.25, -0.2) is 0 Å².